The number of hydrogen-bond acceptors (Lipinski definition) is 3. The quantitative estimate of drug-likeness (QED) is 0.312. The first-order chi connectivity index (χ1) is 15.5. The van der Waals surface area contributed by atoms with E-state index in [1.807, 2.05) is 25.0 Å². The molecule has 0 aromatic heterocycles. The molecule has 0 aliphatic rings. The third-order valence-corrected chi connectivity index (χ3v) is 4.20. The fourth-order valence-corrected chi connectivity index (χ4v) is 2.58. The molecule has 2 atom stereocenters. The molecule has 0 aliphatic carbocycles. The molecule has 0 bridgehead atoms. The van der Waals surface area contributed by atoms with Gasteiger partial charge in [0.1, 0.15) is 0 Å². The van der Waals surface area contributed by atoms with Crippen molar-refractivity contribution in [2.75, 3.05) is 5.34 Å². The van der Waals surface area contributed by atoms with Crippen molar-refractivity contribution in [2.45, 2.75) is 24.7 Å². The summed E-state index contributed by atoms with van der Waals surface area (Å²) in [6.45, 7) is 2.02. The van der Waals surface area contributed by atoms with Crippen LogP contribution in [0.2, 0.25) is 0 Å². The normalized spacial score (nSPS) is 13.1. The van der Waals surface area contributed by atoms with Gasteiger partial charge in [0, 0.05) is 11.6 Å². The molecule has 9 heteroatoms. The Hall–Kier alpha value is -2.76. The summed E-state index contributed by atoms with van der Waals surface area (Å²) in [5, 5.41) is 20.1. The number of carbonyl (C=O) groups is 1. The van der Waals surface area contributed by atoms with Gasteiger partial charge in [-0.3, -0.25) is 0 Å². The second kappa shape index (κ2) is 13.1. The van der Waals surface area contributed by atoms with Crippen LogP contribution in [-0.4, -0.2) is 33.3 Å². The Labute approximate surface area is 199 Å². The molecule has 0 saturated carbocycles. The summed E-state index contributed by atoms with van der Waals surface area (Å²) in [6.07, 6.45) is -5.36. The van der Waals surface area contributed by atoms with Crippen molar-refractivity contribution in [3.8, 4) is 11.8 Å². The third-order valence-electron chi connectivity index (χ3n) is 4.20. The molecular formula is C24H22Cl2F3NO3. The number of aliphatic hydroxyl groups is 1. The van der Waals surface area contributed by atoms with Gasteiger partial charge in [-0.15, -0.1) is 23.2 Å². The van der Waals surface area contributed by atoms with Crippen LogP contribution in [0.1, 0.15) is 24.1 Å². The number of hydrogen-bond donors (Lipinski definition) is 3. The predicted octanol–water partition coefficient (Wildman–Crippen LogP) is 5.70. The first-order valence-electron chi connectivity index (χ1n) is 9.43. The fourth-order valence-electron chi connectivity index (χ4n) is 2.58. The number of alkyl halides is 5. The van der Waals surface area contributed by atoms with Crippen molar-refractivity contribution in [3.63, 3.8) is 0 Å². The molecule has 3 aromatic rings. The highest BCUT2D eigenvalue weighted by molar-refractivity contribution is 6.40. The summed E-state index contributed by atoms with van der Waals surface area (Å²) in [4.78, 5) is 10.4. The van der Waals surface area contributed by atoms with Gasteiger partial charge >= 0.3 is 17.7 Å². The molecule has 3 aromatic carbocycles. The van der Waals surface area contributed by atoms with E-state index in [1.54, 1.807) is 6.07 Å². The Morgan fingerprint density at radius 3 is 2.03 bits per heavy atom. The molecule has 4 nitrogen and oxygen atoms in total. The third kappa shape index (κ3) is 8.26. The average Bonchev–Trinajstić information content (AvgIpc) is 2.77. The summed E-state index contributed by atoms with van der Waals surface area (Å²) in [7, 11) is 0. The molecule has 0 fully saturated rings. The van der Waals surface area contributed by atoms with Crippen LogP contribution in [-0.2, 0) is 4.79 Å². The van der Waals surface area contributed by atoms with E-state index in [-0.39, 0.29) is 16.9 Å². The zero-order chi connectivity index (χ0) is 25.1. The van der Waals surface area contributed by atoms with Crippen molar-refractivity contribution in [2.24, 2.45) is 5.73 Å². The summed E-state index contributed by atoms with van der Waals surface area (Å²) >= 11 is 9.53. The highest BCUT2D eigenvalue weighted by Crippen LogP contribution is 2.30. The standard InChI is InChI=1S/C12H13N.C11H7F3O3.CH2Cl2/c1-9(13)11-8-4-6-10-5-2-3-7-12(10)11;12-11(13,14)10(17,9(15)16)7-6-8-4-2-1-3-5-8;2-1-3/h2-9H,13H2,1H3;1-5,17H,(H,15,16);1H2/t9-;10-;/m01./s1. The smallest absolute Gasteiger partial charge is 0.440 e. The van der Waals surface area contributed by atoms with Gasteiger partial charge in [-0.05, 0) is 41.3 Å². The van der Waals surface area contributed by atoms with Gasteiger partial charge in [-0.2, -0.15) is 13.2 Å². The Balaban J connectivity index is 0.000000302. The van der Waals surface area contributed by atoms with Crippen LogP contribution in [0.15, 0.2) is 72.8 Å². The highest BCUT2D eigenvalue weighted by Gasteiger charge is 2.59. The van der Waals surface area contributed by atoms with Crippen molar-refractivity contribution >= 4 is 39.9 Å². The summed E-state index contributed by atoms with van der Waals surface area (Å²) < 4.78 is 37.0. The molecule has 0 aliphatic heterocycles. The van der Waals surface area contributed by atoms with E-state index in [1.165, 1.54) is 46.5 Å². The van der Waals surface area contributed by atoms with Gasteiger partial charge < -0.3 is 15.9 Å². The lowest BCUT2D eigenvalue weighted by atomic mass is 10.0. The van der Waals surface area contributed by atoms with E-state index in [2.05, 4.69) is 30.3 Å². The van der Waals surface area contributed by atoms with E-state index in [0.29, 0.717) is 0 Å². The number of carboxylic acid groups (broad SMARTS) is 1. The van der Waals surface area contributed by atoms with Gasteiger partial charge in [0.05, 0.1) is 5.34 Å². The van der Waals surface area contributed by atoms with Crippen LogP contribution in [0.25, 0.3) is 10.8 Å². The first kappa shape index (κ1) is 28.3. The number of aliphatic carboxylic acids is 1. The lowest BCUT2D eigenvalue weighted by molar-refractivity contribution is -0.239. The highest BCUT2D eigenvalue weighted by atomic mass is 35.5. The topological polar surface area (TPSA) is 83.6 Å². The van der Waals surface area contributed by atoms with Crippen LogP contribution in [0.4, 0.5) is 13.2 Å². The van der Waals surface area contributed by atoms with E-state index in [9.17, 15) is 18.0 Å². The van der Waals surface area contributed by atoms with Crippen LogP contribution in [0, 0.1) is 11.8 Å². The molecule has 0 amide bonds. The van der Waals surface area contributed by atoms with Crippen LogP contribution in [0.3, 0.4) is 0 Å². The number of nitrogens with two attached hydrogens (primary N) is 1. The van der Waals surface area contributed by atoms with Gasteiger partial charge in [0.15, 0.2) is 0 Å². The summed E-state index contributed by atoms with van der Waals surface area (Å²) in [6, 6.07) is 22.2. The summed E-state index contributed by atoms with van der Waals surface area (Å²) in [5.41, 5.74) is 3.22. The van der Waals surface area contributed by atoms with Gasteiger partial charge in [0.2, 0.25) is 0 Å². The molecule has 0 unspecified atom stereocenters. The fraction of sp³-hybridized carbons (Fsp3) is 0.208. The van der Waals surface area contributed by atoms with Gasteiger partial charge in [0.25, 0.3) is 0 Å². The SMILES string of the molecule is C[C@H](N)c1cccc2ccccc12.ClCCl.O=C(O)[C@](O)(C#Cc1ccccc1)C(F)(F)F. The van der Waals surface area contributed by atoms with Crippen molar-refractivity contribution in [1.29, 1.82) is 0 Å². The van der Waals surface area contributed by atoms with E-state index >= 15 is 0 Å². The minimum absolute atomic E-state index is 0.103. The van der Waals surface area contributed by atoms with Crippen LogP contribution < -0.4 is 5.73 Å². The Morgan fingerprint density at radius 1 is 1.00 bits per heavy atom. The molecule has 0 saturated heterocycles. The van der Waals surface area contributed by atoms with E-state index < -0.39 is 17.7 Å². The lowest BCUT2D eigenvalue weighted by Gasteiger charge is -2.19. The first-order valence-corrected chi connectivity index (χ1v) is 10.5. The molecule has 33 heavy (non-hydrogen) atoms. The molecule has 176 valence electrons. The largest absolute Gasteiger partial charge is 0.478 e. The molecular weight excluding hydrogens is 478 g/mol. The average molecular weight is 500 g/mol. The maximum atomic E-state index is 12.3. The number of benzene rings is 3. The monoisotopic (exact) mass is 499 g/mol. The molecule has 0 radical (unpaired) electrons. The molecule has 0 heterocycles. The van der Waals surface area contributed by atoms with Gasteiger partial charge in [-0.1, -0.05) is 66.6 Å². The summed E-state index contributed by atoms with van der Waals surface area (Å²) in [5.74, 6) is 0.855. The Kier molecular flexibility index (Phi) is 11.2. The molecule has 0 spiro atoms. The second-order valence-electron chi connectivity index (χ2n) is 6.59. The number of halogens is 5. The zero-order valence-electron chi connectivity index (χ0n) is 17.5. The van der Waals surface area contributed by atoms with Crippen molar-refractivity contribution in [1.82, 2.24) is 0 Å². The minimum atomic E-state index is -5.36. The maximum Gasteiger partial charge on any atom is 0.440 e. The number of rotatable bonds is 2. The minimum Gasteiger partial charge on any atom is -0.478 e. The van der Waals surface area contributed by atoms with Crippen LogP contribution in [0.5, 0.6) is 0 Å². The van der Waals surface area contributed by atoms with Crippen LogP contribution >= 0.6 is 23.2 Å². The van der Waals surface area contributed by atoms with E-state index in [0.717, 1.165) is 0 Å². The second-order valence-corrected chi connectivity index (χ2v) is 7.40. The Bertz CT molecular complexity index is 1090. The molecule has 4 N–H and O–H groups in total. The Morgan fingerprint density at radius 2 is 1.52 bits per heavy atom. The predicted molar refractivity (Wildman–Crippen MR) is 125 cm³/mol. The van der Waals surface area contributed by atoms with E-state index in [4.69, 9.17) is 39.1 Å². The number of carboxylic acids is 1. The maximum absolute atomic E-state index is 12.3. The molecule has 3 rings (SSSR count). The number of fused-ring (bicyclic) bond motifs is 1. The van der Waals surface area contributed by atoms with Crippen molar-refractivity contribution < 1.29 is 28.2 Å². The lowest BCUT2D eigenvalue weighted by Crippen LogP contribution is -2.50. The zero-order valence-corrected chi connectivity index (χ0v) is 19.0. The van der Waals surface area contributed by atoms with Gasteiger partial charge in [-0.25, -0.2) is 4.79 Å². The van der Waals surface area contributed by atoms with Crippen molar-refractivity contribution in [3.05, 3.63) is 83.9 Å².